The summed E-state index contributed by atoms with van der Waals surface area (Å²) >= 11 is 0. The molecular weight excluding hydrogens is 340 g/mol. The normalized spacial score (nSPS) is 20.4. The first-order chi connectivity index (χ1) is 12.0. The van der Waals surface area contributed by atoms with Crippen molar-refractivity contribution >= 4 is 8.56 Å². The van der Waals surface area contributed by atoms with Crippen molar-refractivity contribution in [2.24, 2.45) is 0 Å². The van der Waals surface area contributed by atoms with Crippen LogP contribution in [0.3, 0.4) is 0 Å². The predicted octanol–water partition coefficient (Wildman–Crippen LogP) is 4.11. The number of ether oxygens (including phenoxy) is 4. The lowest BCUT2D eigenvalue weighted by Gasteiger charge is -2.41. The van der Waals surface area contributed by atoms with Crippen LogP contribution in [0.25, 0.3) is 0 Å². The molecule has 0 spiro atoms. The van der Waals surface area contributed by atoms with Gasteiger partial charge < -0.3 is 23.1 Å². The summed E-state index contributed by atoms with van der Waals surface area (Å²) in [5, 5.41) is 0. The fourth-order valence-electron chi connectivity index (χ4n) is 3.16. The lowest BCUT2D eigenvalue weighted by molar-refractivity contribution is -0.436. The first-order valence-corrected chi connectivity index (χ1v) is 12.0. The highest BCUT2D eigenvalue weighted by Gasteiger charge is 2.46. The molecule has 0 bridgehead atoms. The van der Waals surface area contributed by atoms with Gasteiger partial charge in [-0.05, 0) is 39.2 Å². The second-order valence-electron chi connectivity index (χ2n) is 6.11. The van der Waals surface area contributed by atoms with E-state index in [-0.39, 0.29) is 5.73 Å². The van der Waals surface area contributed by atoms with E-state index in [0.717, 1.165) is 18.9 Å². The quantitative estimate of drug-likeness (QED) is 0.355. The maximum atomic E-state index is 6.37. The third-order valence-corrected chi connectivity index (χ3v) is 8.52. The number of rotatable bonds is 13. The van der Waals surface area contributed by atoms with Gasteiger partial charge in [-0.2, -0.15) is 0 Å². The summed E-state index contributed by atoms with van der Waals surface area (Å²) in [7, 11) is -2.46. The maximum absolute atomic E-state index is 6.37. The van der Waals surface area contributed by atoms with Crippen molar-refractivity contribution in [2.75, 3.05) is 26.4 Å². The highest BCUT2D eigenvalue weighted by Crippen LogP contribution is 2.30. The highest BCUT2D eigenvalue weighted by atomic mass is 28.4. The van der Waals surface area contributed by atoms with Crippen LogP contribution in [-0.2, 0) is 27.8 Å². The molecule has 2 unspecified atom stereocenters. The van der Waals surface area contributed by atoms with Crippen molar-refractivity contribution in [3.63, 3.8) is 0 Å². The molecule has 1 heterocycles. The van der Waals surface area contributed by atoms with Crippen molar-refractivity contribution in [3.05, 3.63) is 0 Å². The molecule has 25 heavy (non-hydrogen) atoms. The molecule has 1 aliphatic rings. The van der Waals surface area contributed by atoms with Crippen molar-refractivity contribution in [1.29, 1.82) is 0 Å². The molecule has 0 amide bonds. The summed E-state index contributed by atoms with van der Waals surface area (Å²) in [5.74, 6) is -0.995. The van der Waals surface area contributed by atoms with E-state index in [4.69, 9.17) is 27.8 Å². The lowest BCUT2D eigenvalue weighted by atomic mass is 10.3. The molecule has 150 valence electrons. The topological polar surface area (TPSA) is 55.4 Å². The first kappa shape index (κ1) is 23.0. The van der Waals surface area contributed by atoms with Crippen LogP contribution in [0.2, 0.25) is 6.04 Å². The molecule has 0 aromatic carbocycles. The van der Waals surface area contributed by atoms with Crippen LogP contribution < -0.4 is 0 Å². The Morgan fingerprint density at radius 2 is 1.52 bits per heavy atom. The molecule has 0 N–H and O–H groups in total. The van der Waals surface area contributed by atoms with Gasteiger partial charge in [0, 0.05) is 19.6 Å². The Morgan fingerprint density at radius 3 is 1.92 bits per heavy atom. The van der Waals surface area contributed by atoms with Crippen LogP contribution in [0.1, 0.15) is 67.2 Å². The Labute approximate surface area is 154 Å². The Morgan fingerprint density at radius 1 is 0.920 bits per heavy atom. The van der Waals surface area contributed by atoms with Crippen LogP contribution in [0.5, 0.6) is 0 Å². The van der Waals surface area contributed by atoms with Crippen LogP contribution in [-0.4, -0.2) is 53.0 Å². The zero-order chi connectivity index (χ0) is 18.8. The van der Waals surface area contributed by atoms with Gasteiger partial charge in [0.25, 0.3) is 5.97 Å². The minimum atomic E-state index is -2.46. The molecule has 1 aliphatic heterocycles. The van der Waals surface area contributed by atoms with Crippen LogP contribution in [0, 0.1) is 0 Å². The van der Waals surface area contributed by atoms with E-state index in [1.165, 1.54) is 0 Å². The highest BCUT2D eigenvalue weighted by molar-refractivity contribution is 6.68. The van der Waals surface area contributed by atoms with Gasteiger partial charge in [-0.1, -0.05) is 27.7 Å². The van der Waals surface area contributed by atoms with Crippen molar-refractivity contribution in [3.8, 4) is 0 Å². The minimum absolute atomic E-state index is 0.0974. The second-order valence-corrected chi connectivity index (χ2v) is 9.66. The molecule has 0 aromatic heterocycles. The Balaban J connectivity index is 2.86. The number of hydrogen-bond acceptors (Lipinski definition) is 6. The van der Waals surface area contributed by atoms with Gasteiger partial charge >= 0.3 is 8.56 Å². The Hall–Kier alpha value is -0.0231. The van der Waals surface area contributed by atoms with E-state index in [9.17, 15) is 0 Å². The summed E-state index contributed by atoms with van der Waals surface area (Å²) < 4.78 is 36.4. The zero-order valence-corrected chi connectivity index (χ0v) is 18.0. The van der Waals surface area contributed by atoms with E-state index in [1.807, 2.05) is 27.7 Å². The predicted molar refractivity (Wildman–Crippen MR) is 99.4 cm³/mol. The van der Waals surface area contributed by atoms with Gasteiger partial charge in [-0.15, -0.1) is 0 Å². The lowest BCUT2D eigenvalue weighted by Crippen LogP contribution is -2.56. The molecular formula is C18H38O6Si. The second kappa shape index (κ2) is 11.6. The molecule has 1 rings (SSSR count). The summed E-state index contributed by atoms with van der Waals surface area (Å²) in [4.78, 5) is 0. The summed E-state index contributed by atoms with van der Waals surface area (Å²) in [6, 6.07) is 0.843. The van der Waals surface area contributed by atoms with E-state index < -0.39 is 20.8 Å². The van der Waals surface area contributed by atoms with E-state index in [2.05, 4.69) is 13.8 Å². The largest absolute Gasteiger partial charge is 0.393 e. The molecule has 1 fully saturated rings. The first-order valence-electron chi connectivity index (χ1n) is 9.94. The van der Waals surface area contributed by atoms with Crippen molar-refractivity contribution in [1.82, 2.24) is 0 Å². The van der Waals surface area contributed by atoms with E-state index >= 15 is 0 Å². The molecule has 0 aliphatic carbocycles. The third kappa shape index (κ3) is 6.27. The molecule has 0 aromatic rings. The number of hydrogen-bond donors (Lipinski definition) is 0. The molecule has 2 atom stereocenters. The van der Waals surface area contributed by atoms with E-state index in [0.29, 0.717) is 39.3 Å². The minimum Gasteiger partial charge on any atom is -0.393 e. The molecule has 7 heteroatoms. The molecule has 0 radical (unpaired) electrons. The standard InChI is InChI=1S/C18H38O6Si/c1-7-16(24-18(9-3)19-14-13-15-20-18)23-17(8-2)25(12-6,21-10-4)22-11-5/h16-17H,7-15H2,1-6H3. The average molecular weight is 379 g/mol. The van der Waals surface area contributed by atoms with Gasteiger partial charge in [-0.3, -0.25) is 4.74 Å². The Kier molecular flexibility index (Phi) is 10.7. The fraction of sp³-hybridized carbons (Fsp3) is 1.00. The van der Waals surface area contributed by atoms with Crippen molar-refractivity contribution in [2.45, 2.75) is 91.3 Å². The molecule has 1 saturated heterocycles. The zero-order valence-electron chi connectivity index (χ0n) is 17.0. The van der Waals surface area contributed by atoms with Crippen LogP contribution in [0.4, 0.5) is 0 Å². The molecule has 0 saturated carbocycles. The smallest absolute Gasteiger partial charge is 0.367 e. The maximum Gasteiger partial charge on any atom is 0.367 e. The summed E-state index contributed by atoms with van der Waals surface area (Å²) in [5.41, 5.74) is -0.0974. The van der Waals surface area contributed by atoms with Gasteiger partial charge in [0.05, 0.1) is 13.2 Å². The monoisotopic (exact) mass is 378 g/mol. The van der Waals surface area contributed by atoms with Gasteiger partial charge in [0.1, 0.15) is 5.73 Å². The van der Waals surface area contributed by atoms with Crippen LogP contribution >= 0.6 is 0 Å². The molecule has 6 nitrogen and oxygen atoms in total. The van der Waals surface area contributed by atoms with Crippen molar-refractivity contribution < 1.29 is 27.8 Å². The SMILES string of the molecule is CCO[Si](CC)(OCC)C(CC)OC(CC)OC1(CC)OCCCO1. The summed E-state index contributed by atoms with van der Waals surface area (Å²) in [6.07, 6.45) is 2.62. The summed E-state index contributed by atoms with van der Waals surface area (Å²) in [6.45, 7) is 14.8. The average Bonchev–Trinajstić information content (AvgIpc) is 2.65. The van der Waals surface area contributed by atoms with Gasteiger partial charge in [0.15, 0.2) is 6.29 Å². The Bertz CT molecular complexity index is 342. The van der Waals surface area contributed by atoms with Gasteiger partial charge in [-0.25, -0.2) is 0 Å². The van der Waals surface area contributed by atoms with E-state index in [1.54, 1.807) is 0 Å². The van der Waals surface area contributed by atoms with Crippen LogP contribution in [0.15, 0.2) is 0 Å². The van der Waals surface area contributed by atoms with Gasteiger partial charge in [0.2, 0.25) is 0 Å². The fourth-order valence-corrected chi connectivity index (χ4v) is 6.44. The third-order valence-electron chi connectivity index (χ3n) is 4.46.